The van der Waals surface area contributed by atoms with E-state index >= 15 is 4.39 Å². The minimum atomic E-state index is -1.39. The Labute approximate surface area is 259 Å². The van der Waals surface area contributed by atoms with Crippen molar-refractivity contribution >= 4 is 52.6 Å². The summed E-state index contributed by atoms with van der Waals surface area (Å²) in [6, 6.07) is 0.200. The van der Waals surface area contributed by atoms with Gasteiger partial charge in [0.2, 0.25) is 11.3 Å². The summed E-state index contributed by atoms with van der Waals surface area (Å²) in [6.07, 6.45) is 1.73. The third kappa shape index (κ3) is 5.39. The number of hydrogen-bond acceptors (Lipinski definition) is 10. The minimum Gasteiger partial charge on any atom is -0.477 e. The van der Waals surface area contributed by atoms with Crippen molar-refractivity contribution in [3.8, 4) is 0 Å². The van der Waals surface area contributed by atoms with Crippen LogP contribution in [0.4, 0.5) is 15.0 Å². The van der Waals surface area contributed by atoms with Crippen molar-refractivity contribution in [2.45, 2.75) is 57.3 Å². The van der Waals surface area contributed by atoms with Crippen LogP contribution in [-0.4, -0.2) is 97.3 Å². The van der Waals surface area contributed by atoms with Gasteiger partial charge >= 0.3 is 18.0 Å². The number of amides is 2. The number of halogens is 1. The van der Waals surface area contributed by atoms with Crippen LogP contribution in [-0.2, 0) is 14.3 Å². The number of aromatic nitrogens is 2. The van der Waals surface area contributed by atoms with Gasteiger partial charge in [-0.15, -0.1) is 11.8 Å². The summed E-state index contributed by atoms with van der Waals surface area (Å²) < 4.78 is 22.1. The number of fused-ring (bicyclic) bond motifs is 2. The molecule has 1 aliphatic carbocycles. The number of thioether (sulfide) groups is 1. The summed E-state index contributed by atoms with van der Waals surface area (Å²) in [5.74, 6) is -4.51. The molecule has 6 rings (SSSR count). The fraction of sp³-hybridized carbons (Fsp3) is 0.517. The molecule has 5 atom stereocenters. The van der Waals surface area contributed by atoms with Crippen LogP contribution < -0.4 is 15.6 Å². The summed E-state index contributed by atoms with van der Waals surface area (Å²) >= 11 is 1.19. The number of nitrogens with zero attached hydrogens (tertiary/aromatic N) is 4. The lowest BCUT2D eigenvalue weighted by Gasteiger charge is -2.46. The lowest BCUT2D eigenvalue weighted by atomic mass is 9.79. The van der Waals surface area contributed by atoms with Crippen molar-refractivity contribution in [1.82, 2.24) is 19.8 Å². The first-order chi connectivity index (χ1) is 21.4. The van der Waals surface area contributed by atoms with E-state index in [2.05, 4.69) is 10.3 Å². The Morgan fingerprint density at radius 2 is 1.93 bits per heavy atom. The Morgan fingerprint density at radius 3 is 2.58 bits per heavy atom. The number of aliphatic hydroxyl groups is 1. The van der Waals surface area contributed by atoms with Gasteiger partial charge in [0.25, 0.3) is 0 Å². The molecule has 2 aromatic rings. The van der Waals surface area contributed by atoms with Crippen LogP contribution in [0, 0.1) is 17.7 Å². The molecule has 0 radical (unpaired) electrons. The number of alkyl carbamates (subject to hydrolysis) is 1. The number of aliphatic carboxylic acids is 1. The molecular weight excluding hydrogens is 613 g/mol. The molecule has 5 heterocycles. The lowest BCUT2D eigenvalue weighted by Crippen LogP contribution is -2.63. The van der Waals surface area contributed by atoms with E-state index in [1.807, 2.05) is 6.92 Å². The SMILES string of the molecule is C[C@@H]1C(SCCOC(=O)NC2CCN(c3nc4c(cc3F)c(=O)c(C(=O)O)cn4C3CC3)C2)=C(C(=O)O)N2C(=O)[C@@H]([C@@H](C)O)[C@H]12. The number of anilines is 1. The normalized spacial score (nSPS) is 24.9. The number of hydrogen-bond donors (Lipinski definition) is 4. The van der Waals surface area contributed by atoms with Gasteiger partial charge in [0.15, 0.2) is 11.6 Å². The first kappa shape index (κ1) is 30.8. The van der Waals surface area contributed by atoms with E-state index in [1.54, 1.807) is 9.47 Å². The average molecular weight is 646 g/mol. The molecule has 1 saturated carbocycles. The molecular formula is C29H32FN5O9S. The van der Waals surface area contributed by atoms with Crippen LogP contribution in [0.1, 0.15) is 49.5 Å². The molecule has 1 unspecified atom stereocenters. The average Bonchev–Trinajstić information content (AvgIpc) is 3.66. The van der Waals surface area contributed by atoms with E-state index in [0.29, 0.717) is 17.9 Å². The van der Waals surface area contributed by atoms with Gasteiger partial charge in [0.05, 0.1) is 29.5 Å². The maximum Gasteiger partial charge on any atom is 0.407 e. The van der Waals surface area contributed by atoms with Crippen LogP contribution in [0.2, 0.25) is 0 Å². The molecule has 16 heteroatoms. The molecule has 0 spiro atoms. The molecule has 14 nitrogen and oxygen atoms in total. The van der Waals surface area contributed by atoms with Crippen molar-refractivity contribution in [2.24, 2.45) is 11.8 Å². The number of rotatable bonds is 10. The zero-order valence-corrected chi connectivity index (χ0v) is 25.3. The molecule has 3 fully saturated rings. The van der Waals surface area contributed by atoms with E-state index in [0.717, 1.165) is 18.9 Å². The third-order valence-corrected chi connectivity index (χ3v) is 10.1. The molecule has 2 aromatic heterocycles. The molecule has 45 heavy (non-hydrogen) atoms. The van der Waals surface area contributed by atoms with Gasteiger partial charge in [-0.2, -0.15) is 0 Å². The maximum atomic E-state index is 15.2. The Kier molecular flexibility index (Phi) is 7.97. The van der Waals surface area contributed by atoms with Gasteiger partial charge in [-0.25, -0.2) is 23.8 Å². The second kappa shape index (κ2) is 11.6. The standard InChI is InChI=1S/C29H32FN5O9S/c1-12-20-19(13(2)36)26(38)35(20)21(28(41)42)23(12)45-8-7-44-29(43)31-14-5-6-33(10-14)25-18(30)9-16-22(37)17(27(39)40)11-34(15-3-4-15)24(16)32-25/h9,11-15,19-20,36H,3-8,10H2,1-2H3,(H,31,43)(H,39,40)(H,41,42)/t12-,13+,14?,19-,20-/m0/s1. The number of carbonyl (C=O) groups is 4. The number of carbonyl (C=O) groups excluding carboxylic acids is 2. The van der Waals surface area contributed by atoms with E-state index in [4.69, 9.17) is 4.74 Å². The highest BCUT2D eigenvalue weighted by atomic mass is 32.2. The number of aromatic carboxylic acids is 1. The van der Waals surface area contributed by atoms with Gasteiger partial charge in [-0.05, 0) is 32.3 Å². The number of carboxylic acids is 2. The summed E-state index contributed by atoms with van der Waals surface area (Å²) in [5, 5.41) is 31.8. The van der Waals surface area contributed by atoms with Crippen LogP contribution in [0.5, 0.6) is 0 Å². The summed E-state index contributed by atoms with van der Waals surface area (Å²) in [6.45, 7) is 3.87. The topological polar surface area (TPSA) is 192 Å². The Bertz CT molecular complexity index is 1710. The van der Waals surface area contributed by atoms with Gasteiger partial charge in [0.1, 0.15) is 23.5 Å². The van der Waals surface area contributed by atoms with Crippen molar-refractivity contribution in [1.29, 1.82) is 0 Å². The molecule has 2 saturated heterocycles. The highest BCUT2D eigenvalue weighted by molar-refractivity contribution is 8.03. The zero-order chi connectivity index (χ0) is 32.3. The highest BCUT2D eigenvalue weighted by Gasteiger charge is 2.59. The van der Waals surface area contributed by atoms with E-state index in [-0.39, 0.29) is 59.5 Å². The third-order valence-electron chi connectivity index (χ3n) is 8.80. The fourth-order valence-corrected chi connectivity index (χ4v) is 7.63. The monoisotopic (exact) mass is 645 g/mol. The summed E-state index contributed by atoms with van der Waals surface area (Å²) in [7, 11) is 0. The highest BCUT2D eigenvalue weighted by Crippen LogP contribution is 2.50. The lowest BCUT2D eigenvalue weighted by molar-refractivity contribution is -0.163. The van der Waals surface area contributed by atoms with Gasteiger partial charge in [-0.3, -0.25) is 9.59 Å². The van der Waals surface area contributed by atoms with E-state index in [9.17, 15) is 39.3 Å². The number of carboxylic acid groups (broad SMARTS) is 2. The maximum absolute atomic E-state index is 15.2. The molecule has 4 aliphatic rings. The smallest absolute Gasteiger partial charge is 0.407 e. The van der Waals surface area contributed by atoms with Gasteiger partial charge in [0, 0.05) is 41.9 Å². The number of β-lactam (4-membered cyclic amide) rings is 1. The summed E-state index contributed by atoms with van der Waals surface area (Å²) in [4.78, 5) is 69.0. The van der Waals surface area contributed by atoms with Crippen molar-refractivity contribution in [3.05, 3.63) is 44.5 Å². The quantitative estimate of drug-likeness (QED) is 0.217. The van der Waals surface area contributed by atoms with Crippen molar-refractivity contribution in [2.75, 3.05) is 30.3 Å². The molecule has 240 valence electrons. The number of aliphatic hydroxyl groups excluding tert-OH is 1. The Balaban J connectivity index is 1.05. The van der Waals surface area contributed by atoms with Gasteiger partial charge < -0.3 is 39.7 Å². The molecule has 2 amide bonds. The van der Waals surface area contributed by atoms with Crippen LogP contribution >= 0.6 is 11.8 Å². The van der Waals surface area contributed by atoms with E-state index in [1.165, 1.54) is 29.8 Å². The molecule has 3 aliphatic heterocycles. The first-order valence-corrected chi connectivity index (χ1v) is 15.7. The largest absolute Gasteiger partial charge is 0.477 e. The van der Waals surface area contributed by atoms with Crippen LogP contribution in [0.25, 0.3) is 11.0 Å². The van der Waals surface area contributed by atoms with Crippen LogP contribution in [0.3, 0.4) is 0 Å². The van der Waals surface area contributed by atoms with Gasteiger partial charge in [-0.1, -0.05) is 6.92 Å². The zero-order valence-electron chi connectivity index (χ0n) is 24.4. The fourth-order valence-electron chi connectivity index (χ4n) is 6.52. The number of nitrogens with one attached hydrogen (secondary N) is 1. The van der Waals surface area contributed by atoms with Crippen molar-refractivity contribution in [3.63, 3.8) is 0 Å². The molecule has 0 aromatic carbocycles. The first-order valence-electron chi connectivity index (χ1n) is 14.7. The number of pyridine rings is 2. The van der Waals surface area contributed by atoms with E-state index < -0.39 is 58.8 Å². The molecule has 0 bridgehead atoms. The second-order valence-corrected chi connectivity index (χ2v) is 12.9. The molecule has 4 N–H and O–H groups in total. The Morgan fingerprint density at radius 1 is 1.20 bits per heavy atom. The number of ether oxygens (including phenoxy) is 1. The predicted molar refractivity (Wildman–Crippen MR) is 158 cm³/mol. The Hall–Kier alpha value is -4.18. The van der Waals surface area contributed by atoms with Crippen molar-refractivity contribution < 1.29 is 43.6 Å². The second-order valence-electron chi connectivity index (χ2n) is 11.8. The predicted octanol–water partition coefficient (Wildman–Crippen LogP) is 1.76. The van der Waals surface area contributed by atoms with Crippen LogP contribution in [0.15, 0.2) is 27.7 Å². The summed E-state index contributed by atoms with van der Waals surface area (Å²) in [5.41, 5.74) is -1.12. The minimum absolute atomic E-state index is 0.00246.